The summed E-state index contributed by atoms with van der Waals surface area (Å²) in [6, 6.07) is -0.0156. The van der Waals surface area contributed by atoms with Crippen molar-refractivity contribution in [1.82, 2.24) is 9.80 Å². The molecule has 6 heteroatoms. The Bertz CT molecular complexity index is 387. The number of piperazine rings is 1. The molecule has 2 fully saturated rings. The van der Waals surface area contributed by atoms with Crippen molar-refractivity contribution in [2.45, 2.75) is 45.6 Å². The maximum atomic E-state index is 12.4. The van der Waals surface area contributed by atoms with Crippen molar-refractivity contribution in [2.75, 3.05) is 26.2 Å². The normalized spacial score (nSPS) is 23.9. The van der Waals surface area contributed by atoms with Crippen LogP contribution in [0.4, 0.5) is 0 Å². The predicted octanol–water partition coefficient (Wildman–Crippen LogP) is 1.09. The molecule has 1 saturated heterocycles. The van der Waals surface area contributed by atoms with E-state index >= 15 is 0 Å². The number of amidine groups is 1. The number of nitrogens with two attached hydrogens (primary N) is 1. The van der Waals surface area contributed by atoms with Gasteiger partial charge in [0.15, 0.2) is 5.84 Å². The van der Waals surface area contributed by atoms with Crippen LogP contribution in [-0.4, -0.2) is 59.0 Å². The average Bonchev–Trinajstić information content (AvgIpc) is 3.35. The molecule has 0 radical (unpaired) electrons. The number of amides is 1. The van der Waals surface area contributed by atoms with E-state index < -0.39 is 0 Å². The second-order valence-corrected chi connectivity index (χ2v) is 6.32. The van der Waals surface area contributed by atoms with Gasteiger partial charge in [0.05, 0.1) is 6.04 Å². The Hall–Kier alpha value is -1.30. The van der Waals surface area contributed by atoms with Crippen LogP contribution >= 0.6 is 0 Å². The summed E-state index contributed by atoms with van der Waals surface area (Å²) >= 11 is 0. The van der Waals surface area contributed by atoms with Crippen LogP contribution in [0.5, 0.6) is 0 Å². The molecule has 0 aromatic rings. The molecule has 0 aromatic heterocycles. The van der Waals surface area contributed by atoms with E-state index in [0.29, 0.717) is 11.8 Å². The minimum atomic E-state index is -0.0156. The van der Waals surface area contributed by atoms with Crippen LogP contribution in [0.2, 0.25) is 0 Å². The van der Waals surface area contributed by atoms with Crippen molar-refractivity contribution < 1.29 is 10.0 Å². The van der Waals surface area contributed by atoms with Crippen LogP contribution in [-0.2, 0) is 4.79 Å². The van der Waals surface area contributed by atoms with Gasteiger partial charge in [0.2, 0.25) is 5.91 Å². The Morgan fingerprint density at radius 3 is 2.43 bits per heavy atom. The minimum Gasteiger partial charge on any atom is -0.409 e. The zero-order valence-electron chi connectivity index (χ0n) is 13.2. The van der Waals surface area contributed by atoms with E-state index in [4.69, 9.17) is 10.9 Å². The van der Waals surface area contributed by atoms with Gasteiger partial charge in [0.1, 0.15) is 0 Å². The van der Waals surface area contributed by atoms with Crippen molar-refractivity contribution in [3.63, 3.8) is 0 Å². The van der Waals surface area contributed by atoms with Gasteiger partial charge in [-0.25, -0.2) is 0 Å². The summed E-state index contributed by atoms with van der Waals surface area (Å²) < 4.78 is 0. The first kappa shape index (κ1) is 16.1. The molecule has 1 heterocycles. The van der Waals surface area contributed by atoms with Crippen molar-refractivity contribution in [3.8, 4) is 0 Å². The number of rotatable bonds is 6. The summed E-state index contributed by atoms with van der Waals surface area (Å²) in [5, 5.41) is 12.1. The fourth-order valence-electron chi connectivity index (χ4n) is 3.20. The van der Waals surface area contributed by atoms with Gasteiger partial charge in [0, 0.05) is 32.1 Å². The molecule has 0 bridgehead atoms. The second kappa shape index (κ2) is 7.11. The zero-order valence-corrected chi connectivity index (χ0v) is 13.2. The third kappa shape index (κ3) is 3.87. The molecule has 2 unspecified atom stereocenters. The van der Waals surface area contributed by atoms with Gasteiger partial charge < -0.3 is 15.8 Å². The summed E-state index contributed by atoms with van der Waals surface area (Å²) in [5.74, 6) is 1.36. The first-order valence-corrected chi connectivity index (χ1v) is 8.08. The predicted molar refractivity (Wildman–Crippen MR) is 82.1 cm³/mol. The molecule has 3 N–H and O–H groups in total. The Labute approximate surface area is 127 Å². The maximum absolute atomic E-state index is 12.4. The quantitative estimate of drug-likeness (QED) is 0.333. The second-order valence-electron chi connectivity index (χ2n) is 6.32. The van der Waals surface area contributed by atoms with E-state index in [-0.39, 0.29) is 17.8 Å². The van der Waals surface area contributed by atoms with Gasteiger partial charge in [-0.05, 0) is 25.2 Å². The first-order valence-electron chi connectivity index (χ1n) is 8.08. The highest BCUT2D eigenvalue weighted by Gasteiger charge is 2.36. The molecule has 21 heavy (non-hydrogen) atoms. The summed E-state index contributed by atoms with van der Waals surface area (Å²) in [6.07, 6.45) is 4.27. The standard InChI is InChI=1S/C15H28N4O2/c1-3-4-13(14(16)17-21)18-7-9-19(10-8-18)15(20)11(2)12-5-6-12/h11-13,21H,3-10H2,1-2H3,(H2,16,17). The molecule has 1 amide bonds. The lowest BCUT2D eigenvalue weighted by molar-refractivity contribution is -0.137. The van der Waals surface area contributed by atoms with E-state index in [0.717, 1.165) is 39.0 Å². The number of nitrogens with zero attached hydrogens (tertiary/aromatic N) is 3. The highest BCUT2D eigenvalue weighted by atomic mass is 16.4. The van der Waals surface area contributed by atoms with Crippen LogP contribution in [0.3, 0.4) is 0 Å². The lowest BCUT2D eigenvalue weighted by Crippen LogP contribution is -2.56. The first-order chi connectivity index (χ1) is 10.1. The van der Waals surface area contributed by atoms with Crippen molar-refractivity contribution >= 4 is 11.7 Å². The van der Waals surface area contributed by atoms with E-state index in [1.807, 2.05) is 4.90 Å². The molecule has 2 aliphatic rings. The number of carbonyl (C=O) groups excluding carboxylic acids is 1. The Kier molecular flexibility index (Phi) is 5.45. The Morgan fingerprint density at radius 2 is 1.95 bits per heavy atom. The van der Waals surface area contributed by atoms with Crippen molar-refractivity contribution in [1.29, 1.82) is 0 Å². The molecular weight excluding hydrogens is 268 g/mol. The van der Waals surface area contributed by atoms with Gasteiger partial charge in [-0.3, -0.25) is 9.69 Å². The van der Waals surface area contributed by atoms with Crippen LogP contribution in [0, 0.1) is 11.8 Å². The third-order valence-electron chi connectivity index (χ3n) is 4.80. The number of oxime groups is 1. The summed E-state index contributed by atoms with van der Waals surface area (Å²) in [7, 11) is 0. The van der Waals surface area contributed by atoms with Crippen LogP contribution in [0.1, 0.15) is 39.5 Å². The van der Waals surface area contributed by atoms with Gasteiger partial charge in [-0.15, -0.1) is 0 Å². The summed E-state index contributed by atoms with van der Waals surface area (Å²) in [6.45, 7) is 7.23. The largest absolute Gasteiger partial charge is 0.409 e. The van der Waals surface area contributed by atoms with Gasteiger partial charge in [-0.2, -0.15) is 0 Å². The molecule has 2 rings (SSSR count). The molecule has 0 spiro atoms. The number of carbonyl (C=O) groups is 1. The zero-order chi connectivity index (χ0) is 15.4. The highest BCUT2D eigenvalue weighted by Crippen LogP contribution is 2.37. The van der Waals surface area contributed by atoms with E-state index in [9.17, 15) is 4.79 Å². The lowest BCUT2D eigenvalue weighted by Gasteiger charge is -2.39. The maximum Gasteiger partial charge on any atom is 0.225 e. The third-order valence-corrected chi connectivity index (χ3v) is 4.80. The molecule has 1 aliphatic heterocycles. The monoisotopic (exact) mass is 296 g/mol. The molecule has 1 aliphatic carbocycles. The topological polar surface area (TPSA) is 82.2 Å². The summed E-state index contributed by atoms with van der Waals surface area (Å²) in [4.78, 5) is 16.6. The molecule has 1 saturated carbocycles. The average molecular weight is 296 g/mol. The van der Waals surface area contributed by atoms with Crippen LogP contribution in [0.25, 0.3) is 0 Å². The summed E-state index contributed by atoms with van der Waals surface area (Å²) in [5.41, 5.74) is 5.80. The van der Waals surface area contributed by atoms with Gasteiger partial charge >= 0.3 is 0 Å². The molecule has 6 nitrogen and oxygen atoms in total. The van der Waals surface area contributed by atoms with Gasteiger partial charge in [0.25, 0.3) is 0 Å². The Balaban J connectivity index is 1.87. The van der Waals surface area contributed by atoms with E-state index in [1.165, 1.54) is 12.8 Å². The molecule has 0 aromatic carbocycles. The van der Waals surface area contributed by atoms with Crippen molar-refractivity contribution in [2.24, 2.45) is 22.7 Å². The Morgan fingerprint density at radius 1 is 1.33 bits per heavy atom. The van der Waals surface area contributed by atoms with Gasteiger partial charge in [-0.1, -0.05) is 25.4 Å². The molecule has 120 valence electrons. The van der Waals surface area contributed by atoms with Crippen molar-refractivity contribution in [3.05, 3.63) is 0 Å². The fraction of sp³-hybridized carbons (Fsp3) is 0.867. The number of hydrogen-bond donors (Lipinski definition) is 2. The molecular formula is C15H28N4O2. The molecule has 2 atom stereocenters. The highest BCUT2D eigenvalue weighted by molar-refractivity contribution is 5.85. The smallest absolute Gasteiger partial charge is 0.225 e. The SMILES string of the molecule is CCCC(C(N)=NO)N1CCN(C(=O)C(C)C2CC2)CC1. The number of hydrogen-bond acceptors (Lipinski definition) is 4. The van der Waals surface area contributed by atoms with Crippen LogP contribution in [0.15, 0.2) is 5.16 Å². The van der Waals surface area contributed by atoms with Crippen LogP contribution < -0.4 is 5.73 Å². The minimum absolute atomic E-state index is 0.0156. The fourth-order valence-corrected chi connectivity index (χ4v) is 3.20. The van der Waals surface area contributed by atoms with E-state index in [2.05, 4.69) is 23.9 Å². The van der Waals surface area contributed by atoms with E-state index in [1.54, 1.807) is 0 Å². The lowest BCUT2D eigenvalue weighted by atomic mass is 10.0.